The lowest BCUT2D eigenvalue weighted by atomic mass is 10.1. The molecule has 3 rings (SSSR count). The second kappa shape index (κ2) is 5.54. The second-order valence-electron chi connectivity index (χ2n) is 4.73. The van der Waals surface area contributed by atoms with Crippen molar-refractivity contribution in [2.75, 3.05) is 11.9 Å². The Morgan fingerprint density at radius 2 is 2.10 bits per heavy atom. The molecule has 1 aliphatic heterocycles. The standard InChI is InChI=1S/C15H12ClN3O2/c16-11-5-6-13(17-7-11)18-14(20)9-19-8-10-3-1-2-4-12(10)15(19)21/h1-7H,8-9H2,(H,17,18,20). The molecule has 5 nitrogen and oxygen atoms in total. The van der Waals surface area contributed by atoms with Crippen LogP contribution in [0.25, 0.3) is 0 Å². The SMILES string of the molecule is O=C(CN1Cc2ccccc2C1=O)Nc1ccc(Cl)cn1. The molecule has 2 aromatic rings. The Morgan fingerprint density at radius 1 is 1.29 bits per heavy atom. The Labute approximate surface area is 126 Å². The molecule has 0 saturated carbocycles. The van der Waals surface area contributed by atoms with Crippen molar-refractivity contribution >= 4 is 29.2 Å². The average Bonchev–Trinajstić information content (AvgIpc) is 2.78. The third-order valence-electron chi connectivity index (χ3n) is 3.23. The summed E-state index contributed by atoms with van der Waals surface area (Å²) in [6.45, 7) is 0.453. The maximum absolute atomic E-state index is 12.1. The number of hydrogen-bond donors (Lipinski definition) is 1. The molecule has 0 fully saturated rings. The Hall–Kier alpha value is -2.40. The van der Waals surface area contributed by atoms with E-state index in [-0.39, 0.29) is 18.4 Å². The first kappa shape index (κ1) is 13.6. The molecule has 0 atom stereocenters. The highest BCUT2D eigenvalue weighted by molar-refractivity contribution is 6.30. The van der Waals surface area contributed by atoms with Gasteiger partial charge >= 0.3 is 0 Å². The number of nitrogens with one attached hydrogen (secondary N) is 1. The third-order valence-corrected chi connectivity index (χ3v) is 3.45. The van der Waals surface area contributed by atoms with E-state index in [1.807, 2.05) is 18.2 Å². The predicted molar refractivity (Wildman–Crippen MR) is 79.1 cm³/mol. The summed E-state index contributed by atoms with van der Waals surface area (Å²) in [7, 11) is 0. The van der Waals surface area contributed by atoms with Gasteiger partial charge in [0.15, 0.2) is 0 Å². The molecule has 0 bridgehead atoms. The van der Waals surface area contributed by atoms with Gasteiger partial charge in [0.05, 0.1) is 5.02 Å². The number of pyridine rings is 1. The summed E-state index contributed by atoms with van der Waals surface area (Å²) in [6.07, 6.45) is 1.45. The van der Waals surface area contributed by atoms with Crippen molar-refractivity contribution in [1.82, 2.24) is 9.88 Å². The van der Waals surface area contributed by atoms with Crippen LogP contribution < -0.4 is 5.32 Å². The van der Waals surface area contributed by atoms with Crippen molar-refractivity contribution in [2.45, 2.75) is 6.54 Å². The van der Waals surface area contributed by atoms with Crippen LogP contribution in [0.2, 0.25) is 5.02 Å². The molecule has 1 aromatic carbocycles. The summed E-state index contributed by atoms with van der Waals surface area (Å²) < 4.78 is 0. The Bertz CT molecular complexity index is 700. The van der Waals surface area contributed by atoms with Crippen LogP contribution in [0.3, 0.4) is 0 Å². The van der Waals surface area contributed by atoms with E-state index in [4.69, 9.17) is 11.6 Å². The largest absolute Gasteiger partial charge is 0.325 e. The summed E-state index contributed by atoms with van der Waals surface area (Å²) in [6, 6.07) is 10.6. The van der Waals surface area contributed by atoms with E-state index in [1.54, 1.807) is 18.2 Å². The van der Waals surface area contributed by atoms with Crippen LogP contribution in [-0.4, -0.2) is 28.2 Å². The van der Waals surface area contributed by atoms with Crippen LogP contribution in [-0.2, 0) is 11.3 Å². The molecule has 0 aliphatic carbocycles. The van der Waals surface area contributed by atoms with Crippen molar-refractivity contribution in [2.24, 2.45) is 0 Å². The van der Waals surface area contributed by atoms with Gasteiger partial charge in [0.1, 0.15) is 12.4 Å². The number of carbonyl (C=O) groups excluding carboxylic acids is 2. The van der Waals surface area contributed by atoms with E-state index in [0.717, 1.165) is 5.56 Å². The van der Waals surface area contributed by atoms with Crippen molar-refractivity contribution < 1.29 is 9.59 Å². The lowest BCUT2D eigenvalue weighted by molar-refractivity contribution is -0.116. The van der Waals surface area contributed by atoms with Gasteiger partial charge in [-0.2, -0.15) is 0 Å². The molecule has 0 saturated heterocycles. The summed E-state index contributed by atoms with van der Waals surface area (Å²) in [5, 5.41) is 3.14. The van der Waals surface area contributed by atoms with Crippen LogP contribution in [0.4, 0.5) is 5.82 Å². The number of aromatic nitrogens is 1. The lowest BCUT2D eigenvalue weighted by Gasteiger charge is -2.14. The highest BCUT2D eigenvalue weighted by Crippen LogP contribution is 2.21. The maximum Gasteiger partial charge on any atom is 0.254 e. The first-order chi connectivity index (χ1) is 10.1. The number of amides is 2. The summed E-state index contributed by atoms with van der Waals surface area (Å²) in [5.74, 6) is 0.00403. The number of fused-ring (bicyclic) bond motifs is 1. The predicted octanol–water partition coefficient (Wildman–Crippen LogP) is 2.33. The molecule has 21 heavy (non-hydrogen) atoms. The molecular weight excluding hydrogens is 290 g/mol. The van der Waals surface area contributed by atoms with Crippen molar-refractivity contribution in [3.8, 4) is 0 Å². The molecule has 2 heterocycles. The highest BCUT2D eigenvalue weighted by Gasteiger charge is 2.28. The van der Waals surface area contributed by atoms with Gasteiger partial charge in [0, 0.05) is 18.3 Å². The van der Waals surface area contributed by atoms with Gasteiger partial charge < -0.3 is 10.2 Å². The van der Waals surface area contributed by atoms with Gasteiger partial charge in [0.25, 0.3) is 5.91 Å². The minimum Gasteiger partial charge on any atom is -0.325 e. The minimum absolute atomic E-state index is 0.00216. The highest BCUT2D eigenvalue weighted by atomic mass is 35.5. The first-order valence-corrected chi connectivity index (χ1v) is 6.80. The fourth-order valence-electron chi connectivity index (χ4n) is 2.25. The van der Waals surface area contributed by atoms with Gasteiger partial charge in [-0.15, -0.1) is 0 Å². The number of halogens is 1. The fourth-order valence-corrected chi connectivity index (χ4v) is 2.36. The van der Waals surface area contributed by atoms with Crippen LogP contribution in [0.1, 0.15) is 15.9 Å². The smallest absolute Gasteiger partial charge is 0.254 e. The molecule has 1 aliphatic rings. The summed E-state index contributed by atoms with van der Waals surface area (Å²) in [5.41, 5.74) is 1.61. The molecule has 1 aromatic heterocycles. The zero-order valence-corrected chi connectivity index (χ0v) is 11.8. The maximum atomic E-state index is 12.1. The van der Waals surface area contributed by atoms with Gasteiger partial charge in [-0.25, -0.2) is 4.98 Å². The van der Waals surface area contributed by atoms with Crippen LogP contribution in [0.15, 0.2) is 42.6 Å². The number of hydrogen-bond acceptors (Lipinski definition) is 3. The lowest BCUT2D eigenvalue weighted by Crippen LogP contribution is -2.33. The number of rotatable bonds is 3. The van der Waals surface area contributed by atoms with E-state index in [0.29, 0.717) is 22.9 Å². The monoisotopic (exact) mass is 301 g/mol. The zero-order valence-electron chi connectivity index (χ0n) is 11.0. The second-order valence-corrected chi connectivity index (χ2v) is 5.16. The molecule has 0 radical (unpaired) electrons. The van der Waals surface area contributed by atoms with E-state index in [2.05, 4.69) is 10.3 Å². The molecule has 1 N–H and O–H groups in total. The normalized spacial score (nSPS) is 13.2. The number of nitrogens with zero attached hydrogens (tertiary/aromatic N) is 2. The van der Waals surface area contributed by atoms with Gasteiger partial charge in [0.2, 0.25) is 5.91 Å². The van der Waals surface area contributed by atoms with E-state index in [1.165, 1.54) is 11.1 Å². The molecule has 2 amide bonds. The zero-order chi connectivity index (χ0) is 14.8. The van der Waals surface area contributed by atoms with Crippen molar-refractivity contribution in [3.05, 3.63) is 58.7 Å². The van der Waals surface area contributed by atoms with Gasteiger partial charge in [-0.3, -0.25) is 9.59 Å². The Balaban J connectivity index is 1.64. The summed E-state index contributed by atoms with van der Waals surface area (Å²) >= 11 is 5.73. The quantitative estimate of drug-likeness (QED) is 0.946. The van der Waals surface area contributed by atoms with Crippen molar-refractivity contribution in [1.29, 1.82) is 0 Å². The van der Waals surface area contributed by atoms with Crippen molar-refractivity contribution in [3.63, 3.8) is 0 Å². The topological polar surface area (TPSA) is 62.3 Å². The fraction of sp³-hybridized carbons (Fsp3) is 0.133. The first-order valence-electron chi connectivity index (χ1n) is 6.42. The Morgan fingerprint density at radius 3 is 2.81 bits per heavy atom. The third kappa shape index (κ3) is 2.87. The number of anilines is 1. The molecule has 0 unspecified atom stereocenters. The van der Waals surface area contributed by atoms with E-state index < -0.39 is 0 Å². The van der Waals surface area contributed by atoms with Gasteiger partial charge in [-0.05, 0) is 23.8 Å². The Kier molecular flexibility index (Phi) is 3.58. The van der Waals surface area contributed by atoms with E-state index in [9.17, 15) is 9.59 Å². The molecule has 6 heteroatoms. The number of carbonyl (C=O) groups is 2. The van der Waals surface area contributed by atoms with Gasteiger partial charge in [-0.1, -0.05) is 29.8 Å². The van der Waals surface area contributed by atoms with Crippen LogP contribution in [0, 0.1) is 0 Å². The van der Waals surface area contributed by atoms with Crippen LogP contribution >= 0.6 is 11.6 Å². The minimum atomic E-state index is -0.286. The molecule has 0 spiro atoms. The molecular formula is C15H12ClN3O2. The van der Waals surface area contributed by atoms with E-state index >= 15 is 0 Å². The average molecular weight is 302 g/mol. The van der Waals surface area contributed by atoms with Crippen LogP contribution in [0.5, 0.6) is 0 Å². The summed E-state index contributed by atoms with van der Waals surface area (Å²) in [4.78, 5) is 29.6. The molecule has 106 valence electrons. The number of benzene rings is 1.